The van der Waals surface area contributed by atoms with Gasteiger partial charge in [0, 0.05) is 10.8 Å². The van der Waals surface area contributed by atoms with E-state index in [1.807, 2.05) is 0 Å². The first kappa shape index (κ1) is 28.5. The molecule has 0 N–H and O–H groups in total. The highest BCUT2D eigenvalue weighted by molar-refractivity contribution is 6.24. The zero-order valence-electron chi connectivity index (χ0n) is 27.7. The molecule has 3 nitrogen and oxygen atoms in total. The van der Waals surface area contributed by atoms with Gasteiger partial charge in [0.25, 0.3) is 0 Å². The van der Waals surface area contributed by atoms with Crippen molar-refractivity contribution >= 4 is 54.5 Å². The standard InChI is InChI=1S/C45H36N2O/c1-27(2)37-25-31(29-13-6-5-7-14-29)26-38(28(3)4)43(37)47-40-20-11-10-19-39(40)46-45(47)36-18-12-17-35-42-34-22-21-30-15-8-9-16-32(30)33(34)23-24-41(42)48-44(35)36/h5-28H,1-4H3. The fourth-order valence-electron chi connectivity index (χ4n) is 7.61. The average Bonchev–Trinajstić information content (AvgIpc) is 3.70. The Morgan fingerprint density at radius 3 is 2.04 bits per heavy atom. The zero-order chi connectivity index (χ0) is 32.5. The summed E-state index contributed by atoms with van der Waals surface area (Å²) in [5, 5.41) is 7.20. The van der Waals surface area contributed by atoms with Gasteiger partial charge in [-0.05, 0) is 92.0 Å². The first-order chi connectivity index (χ1) is 23.5. The fraction of sp³-hybridized carbons (Fsp3) is 0.133. The van der Waals surface area contributed by atoms with Gasteiger partial charge < -0.3 is 4.42 Å². The third-order valence-electron chi connectivity index (χ3n) is 9.93. The van der Waals surface area contributed by atoms with Gasteiger partial charge >= 0.3 is 0 Å². The van der Waals surface area contributed by atoms with E-state index in [9.17, 15) is 0 Å². The number of para-hydroxylation sites is 3. The first-order valence-corrected chi connectivity index (χ1v) is 16.9. The van der Waals surface area contributed by atoms with E-state index in [1.54, 1.807) is 0 Å². The van der Waals surface area contributed by atoms with Crippen LogP contribution in [0.1, 0.15) is 50.7 Å². The highest BCUT2D eigenvalue weighted by Gasteiger charge is 2.25. The molecular formula is C45H36N2O. The molecule has 0 atom stereocenters. The molecule has 0 spiro atoms. The number of hydrogen-bond donors (Lipinski definition) is 0. The van der Waals surface area contributed by atoms with Gasteiger partial charge in [-0.2, -0.15) is 0 Å². The maximum Gasteiger partial charge on any atom is 0.149 e. The van der Waals surface area contributed by atoms with Crippen molar-refractivity contribution in [3.8, 4) is 28.2 Å². The lowest BCUT2D eigenvalue weighted by molar-refractivity contribution is 0.669. The van der Waals surface area contributed by atoms with E-state index >= 15 is 0 Å². The van der Waals surface area contributed by atoms with Crippen molar-refractivity contribution < 1.29 is 4.42 Å². The van der Waals surface area contributed by atoms with Crippen molar-refractivity contribution in [2.45, 2.75) is 39.5 Å². The molecule has 48 heavy (non-hydrogen) atoms. The maximum atomic E-state index is 6.82. The molecule has 0 aliphatic rings. The lowest BCUT2D eigenvalue weighted by Crippen LogP contribution is -2.09. The molecule has 7 aromatic carbocycles. The van der Waals surface area contributed by atoms with Crippen molar-refractivity contribution in [3.63, 3.8) is 0 Å². The van der Waals surface area contributed by atoms with Crippen LogP contribution in [0.4, 0.5) is 0 Å². The van der Waals surface area contributed by atoms with Crippen LogP contribution in [0, 0.1) is 0 Å². The second kappa shape index (κ2) is 11.0. The number of hydrogen-bond acceptors (Lipinski definition) is 2. The molecule has 9 rings (SSSR count). The smallest absolute Gasteiger partial charge is 0.149 e. The molecule has 9 aromatic rings. The third kappa shape index (κ3) is 4.31. The number of nitrogens with zero attached hydrogens (tertiary/aromatic N) is 2. The van der Waals surface area contributed by atoms with Gasteiger partial charge in [-0.15, -0.1) is 0 Å². The van der Waals surface area contributed by atoms with Gasteiger partial charge in [-0.1, -0.05) is 125 Å². The van der Waals surface area contributed by atoms with E-state index in [-0.39, 0.29) is 0 Å². The van der Waals surface area contributed by atoms with Crippen LogP contribution < -0.4 is 0 Å². The molecule has 0 aliphatic carbocycles. The summed E-state index contributed by atoms with van der Waals surface area (Å²) >= 11 is 0. The number of benzene rings is 7. The van der Waals surface area contributed by atoms with Crippen LogP contribution in [0.3, 0.4) is 0 Å². The molecule has 0 aliphatic heterocycles. The lowest BCUT2D eigenvalue weighted by atomic mass is 9.88. The van der Waals surface area contributed by atoms with E-state index in [0.717, 1.165) is 44.4 Å². The minimum atomic E-state index is 0.290. The van der Waals surface area contributed by atoms with Crippen molar-refractivity contribution in [1.29, 1.82) is 0 Å². The molecule has 2 aromatic heterocycles. The third-order valence-corrected chi connectivity index (χ3v) is 9.93. The fourth-order valence-corrected chi connectivity index (χ4v) is 7.61. The molecule has 0 fully saturated rings. The van der Waals surface area contributed by atoms with Crippen LogP contribution in [-0.4, -0.2) is 9.55 Å². The van der Waals surface area contributed by atoms with Crippen LogP contribution in [0.2, 0.25) is 0 Å². The molecule has 0 saturated heterocycles. The van der Waals surface area contributed by atoms with Gasteiger partial charge in [0.05, 0.1) is 22.3 Å². The highest BCUT2D eigenvalue weighted by Crippen LogP contribution is 2.44. The van der Waals surface area contributed by atoms with E-state index in [0.29, 0.717) is 11.8 Å². The Balaban J connectivity index is 1.37. The summed E-state index contributed by atoms with van der Waals surface area (Å²) < 4.78 is 9.23. The van der Waals surface area contributed by atoms with Gasteiger partial charge in [-0.25, -0.2) is 4.98 Å². The highest BCUT2D eigenvalue weighted by atomic mass is 16.3. The molecule has 232 valence electrons. The summed E-state index contributed by atoms with van der Waals surface area (Å²) in [5.74, 6) is 1.48. The molecule has 0 bridgehead atoms. The Hall–Kier alpha value is -5.67. The van der Waals surface area contributed by atoms with Crippen molar-refractivity contribution in [2.24, 2.45) is 0 Å². The topological polar surface area (TPSA) is 31.0 Å². The quantitative estimate of drug-likeness (QED) is 0.179. The van der Waals surface area contributed by atoms with E-state index in [1.165, 1.54) is 49.5 Å². The molecule has 0 amide bonds. The lowest BCUT2D eigenvalue weighted by Gasteiger charge is -2.24. The van der Waals surface area contributed by atoms with Gasteiger partial charge in [-0.3, -0.25) is 4.57 Å². The van der Waals surface area contributed by atoms with E-state index in [2.05, 4.69) is 166 Å². The molecule has 0 unspecified atom stereocenters. The Bertz CT molecular complexity index is 2640. The van der Waals surface area contributed by atoms with E-state index in [4.69, 9.17) is 9.40 Å². The number of imidazole rings is 1. The summed E-state index contributed by atoms with van der Waals surface area (Å²) in [7, 11) is 0. The SMILES string of the molecule is CC(C)c1cc(-c2ccccc2)cc(C(C)C)c1-n1c(-c2cccc3c2oc2ccc4c5ccccc5ccc4c23)nc2ccccc21. The largest absolute Gasteiger partial charge is 0.455 e. The van der Waals surface area contributed by atoms with Crippen LogP contribution in [0.15, 0.2) is 138 Å². The summed E-state index contributed by atoms with van der Waals surface area (Å²) in [6, 6.07) is 47.9. The summed E-state index contributed by atoms with van der Waals surface area (Å²) in [4.78, 5) is 5.37. The van der Waals surface area contributed by atoms with Crippen LogP contribution >= 0.6 is 0 Å². The van der Waals surface area contributed by atoms with E-state index < -0.39 is 0 Å². The normalized spacial score (nSPS) is 12.1. The Labute approximate surface area is 280 Å². The number of aromatic nitrogens is 2. The molecule has 2 heterocycles. The monoisotopic (exact) mass is 620 g/mol. The average molecular weight is 621 g/mol. The molecule has 0 saturated carbocycles. The van der Waals surface area contributed by atoms with Crippen molar-refractivity contribution in [1.82, 2.24) is 9.55 Å². The predicted octanol–water partition coefficient (Wildman–Crippen LogP) is 12.8. The van der Waals surface area contributed by atoms with Crippen LogP contribution in [-0.2, 0) is 0 Å². The van der Waals surface area contributed by atoms with Gasteiger partial charge in [0.1, 0.15) is 17.0 Å². The second-order valence-electron chi connectivity index (χ2n) is 13.5. The minimum Gasteiger partial charge on any atom is -0.455 e. The minimum absolute atomic E-state index is 0.290. The summed E-state index contributed by atoms with van der Waals surface area (Å²) in [6.07, 6.45) is 0. The maximum absolute atomic E-state index is 6.82. The number of fused-ring (bicyclic) bond motifs is 8. The first-order valence-electron chi connectivity index (χ1n) is 16.9. The zero-order valence-corrected chi connectivity index (χ0v) is 27.7. The Morgan fingerprint density at radius 2 is 1.25 bits per heavy atom. The van der Waals surface area contributed by atoms with Crippen molar-refractivity contribution in [2.75, 3.05) is 0 Å². The molecule has 3 heteroatoms. The van der Waals surface area contributed by atoms with Crippen LogP contribution in [0.5, 0.6) is 0 Å². The molecule has 0 radical (unpaired) electrons. The summed E-state index contributed by atoms with van der Waals surface area (Å²) in [6.45, 7) is 9.19. The van der Waals surface area contributed by atoms with Crippen LogP contribution in [0.25, 0.3) is 82.7 Å². The number of furan rings is 1. The van der Waals surface area contributed by atoms with Gasteiger partial charge in [0.2, 0.25) is 0 Å². The van der Waals surface area contributed by atoms with Gasteiger partial charge in [0.15, 0.2) is 0 Å². The summed E-state index contributed by atoms with van der Waals surface area (Å²) in [5.41, 5.74) is 11.1. The molecular weight excluding hydrogens is 585 g/mol. The Kier molecular flexibility index (Phi) is 6.52. The second-order valence-corrected chi connectivity index (χ2v) is 13.5. The predicted molar refractivity (Wildman–Crippen MR) is 202 cm³/mol. The Morgan fingerprint density at radius 1 is 0.562 bits per heavy atom. The van der Waals surface area contributed by atoms with Crippen molar-refractivity contribution in [3.05, 3.63) is 145 Å². The number of rotatable bonds is 5.